The molecule has 17 heavy (non-hydrogen) atoms. The van der Waals surface area contributed by atoms with Gasteiger partial charge in [-0.15, -0.1) is 0 Å². The summed E-state index contributed by atoms with van der Waals surface area (Å²) in [5, 5.41) is 21.1. The lowest BCUT2D eigenvalue weighted by atomic mass is 10.2. The van der Waals surface area contributed by atoms with E-state index in [1.165, 1.54) is 6.07 Å². The van der Waals surface area contributed by atoms with Crippen LogP contribution in [-0.2, 0) is 6.54 Å². The number of furan rings is 1. The quantitative estimate of drug-likeness (QED) is 0.682. The summed E-state index contributed by atoms with van der Waals surface area (Å²) >= 11 is 1.59. The summed E-state index contributed by atoms with van der Waals surface area (Å²) in [6, 6.07) is 3.19. The zero-order chi connectivity index (χ0) is 12.8. The third kappa shape index (κ3) is 4.07. The maximum Gasteiger partial charge on any atom is 0.371 e. The van der Waals surface area contributed by atoms with Gasteiger partial charge in [-0.05, 0) is 25.3 Å². The van der Waals surface area contributed by atoms with Crippen LogP contribution in [0.15, 0.2) is 16.5 Å². The molecule has 2 unspecified atom stereocenters. The molecule has 3 N–H and O–H groups in total. The highest BCUT2D eigenvalue weighted by atomic mass is 32.2. The summed E-state index contributed by atoms with van der Waals surface area (Å²) in [4.78, 5) is 10.6. The number of aliphatic hydroxyl groups is 1. The number of carboxylic acid groups (broad SMARTS) is 1. The molecule has 0 saturated carbocycles. The molecular weight excluding hydrogens is 242 g/mol. The fraction of sp³-hybridized carbons (Fsp3) is 0.545. The number of rotatable bonds is 7. The van der Waals surface area contributed by atoms with Crippen molar-refractivity contribution in [2.45, 2.75) is 24.8 Å². The Morgan fingerprint density at radius 3 is 2.76 bits per heavy atom. The molecule has 0 aliphatic rings. The van der Waals surface area contributed by atoms with Gasteiger partial charge < -0.3 is 19.9 Å². The largest absolute Gasteiger partial charge is 0.475 e. The van der Waals surface area contributed by atoms with Gasteiger partial charge in [-0.2, -0.15) is 11.8 Å². The summed E-state index contributed by atoms with van der Waals surface area (Å²) < 4.78 is 5.11. The second kappa shape index (κ2) is 6.68. The van der Waals surface area contributed by atoms with Crippen LogP contribution in [0.1, 0.15) is 23.2 Å². The summed E-state index contributed by atoms with van der Waals surface area (Å²) in [7, 11) is 0. The van der Waals surface area contributed by atoms with E-state index >= 15 is 0 Å². The van der Waals surface area contributed by atoms with E-state index in [1.54, 1.807) is 17.8 Å². The summed E-state index contributed by atoms with van der Waals surface area (Å²) in [5.74, 6) is -0.549. The monoisotopic (exact) mass is 259 g/mol. The molecule has 0 radical (unpaired) electrons. The molecule has 1 aromatic rings. The molecular formula is C11H17NO4S. The van der Waals surface area contributed by atoms with Gasteiger partial charge in [0.15, 0.2) is 0 Å². The third-order valence-corrected chi connectivity index (χ3v) is 3.67. The van der Waals surface area contributed by atoms with Crippen molar-refractivity contribution in [3.05, 3.63) is 23.7 Å². The van der Waals surface area contributed by atoms with Crippen LogP contribution in [0.4, 0.5) is 0 Å². The number of aliphatic hydroxyl groups excluding tert-OH is 1. The number of nitrogens with one attached hydrogen (secondary N) is 1. The lowest BCUT2D eigenvalue weighted by molar-refractivity contribution is 0.0660. The number of thioether (sulfide) groups is 1. The molecule has 1 aromatic heterocycles. The Hall–Kier alpha value is -0.980. The molecule has 5 nitrogen and oxygen atoms in total. The highest BCUT2D eigenvalue weighted by Gasteiger charge is 2.15. The van der Waals surface area contributed by atoms with Crippen molar-refractivity contribution in [3.63, 3.8) is 0 Å². The van der Waals surface area contributed by atoms with Gasteiger partial charge in [0, 0.05) is 11.3 Å². The van der Waals surface area contributed by atoms with Gasteiger partial charge in [0.05, 0.1) is 13.2 Å². The minimum atomic E-state index is -1.07. The molecule has 0 fully saturated rings. The number of hydrogen-bond acceptors (Lipinski definition) is 5. The number of carboxylic acids is 1. The topological polar surface area (TPSA) is 82.7 Å². The molecule has 1 rings (SSSR count). The van der Waals surface area contributed by atoms with E-state index in [0.29, 0.717) is 12.3 Å². The number of carbonyl (C=O) groups is 1. The van der Waals surface area contributed by atoms with Crippen LogP contribution in [0, 0.1) is 0 Å². The van der Waals surface area contributed by atoms with E-state index in [-0.39, 0.29) is 23.7 Å². The van der Waals surface area contributed by atoms with E-state index in [0.717, 1.165) is 0 Å². The Balaban J connectivity index is 2.46. The van der Waals surface area contributed by atoms with E-state index in [9.17, 15) is 4.79 Å². The molecule has 0 bridgehead atoms. The first-order chi connectivity index (χ1) is 8.08. The standard InChI is InChI=1S/C11H17NO4S/c1-7(10(6-13)17-2)12-5-8-3-4-9(16-8)11(14)15/h3-4,7,10,12-13H,5-6H2,1-2H3,(H,14,15). The van der Waals surface area contributed by atoms with Crippen molar-refractivity contribution in [1.29, 1.82) is 0 Å². The van der Waals surface area contributed by atoms with Crippen molar-refractivity contribution < 1.29 is 19.4 Å². The average molecular weight is 259 g/mol. The van der Waals surface area contributed by atoms with Crippen molar-refractivity contribution in [1.82, 2.24) is 5.32 Å². The SMILES string of the molecule is CSC(CO)C(C)NCc1ccc(C(=O)O)o1. The zero-order valence-electron chi connectivity index (χ0n) is 9.84. The van der Waals surface area contributed by atoms with Crippen LogP contribution in [0.3, 0.4) is 0 Å². The Morgan fingerprint density at radius 2 is 2.29 bits per heavy atom. The molecule has 96 valence electrons. The minimum Gasteiger partial charge on any atom is -0.475 e. The fourth-order valence-corrected chi connectivity index (χ4v) is 2.07. The van der Waals surface area contributed by atoms with Gasteiger partial charge in [0.2, 0.25) is 5.76 Å². The average Bonchev–Trinajstić information content (AvgIpc) is 2.76. The van der Waals surface area contributed by atoms with Gasteiger partial charge >= 0.3 is 5.97 Å². The normalized spacial score (nSPS) is 14.5. The van der Waals surface area contributed by atoms with Crippen molar-refractivity contribution >= 4 is 17.7 Å². The van der Waals surface area contributed by atoms with Crippen LogP contribution >= 0.6 is 11.8 Å². The highest BCUT2D eigenvalue weighted by molar-refractivity contribution is 7.99. The lowest BCUT2D eigenvalue weighted by Crippen LogP contribution is -2.36. The van der Waals surface area contributed by atoms with Crippen LogP contribution in [0.25, 0.3) is 0 Å². The first kappa shape index (κ1) is 14.1. The van der Waals surface area contributed by atoms with Gasteiger partial charge in [-0.1, -0.05) is 0 Å². The van der Waals surface area contributed by atoms with Gasteiger partial charge in [0.25, 0.3) is 0 Å². The molecule has 2 atom stereocenters. The molecule has 0 saturated heterocycles. The van der Waals surface area contributed by atoms with E-state index in [4.69, 9.17) is 14.6 Å². The smallest absolute Gasteiger partial charge is 0.371 e. The van der Waals surface area contributed by atoms with Gasteiger partial charge in [-0.3, -0.25) is 0 Å². The Labute approximate surface area is 104 Å². The van der Waals surface area contributed by atoms with Gasteiger partial charge in [0.1, 0.15) is 5.76 Å². The van der Waals surface area contributed by atoms with Gasteiger partial charge in [-0.25, -0.2) is 4.79 Å². The van der Waals surface area contributed by atoms with Crippen LogP contribution in [0.5, 0.6) is 0 Å². The van der Waals surface area contributed by atoms with Crippen molar-refractivity contribution in [2.24, 2.45) is 0 Å². The Morgan fingerprint density at radius 1 is 1.59 bits per heavy atom. The summed E-state index contributed by atoms with van der Waals surface area (Å²) in [5.41, 5.74) is 0. The first-order valence-corrected chi connectivity index (χ1v) is 6.56. The summed E-state index contributed by atoms with van der Waals surface area (Å²) in [6.45, 7) is 2.53. The molecule has 6 heteroatoms. The lowest BCUT2D eigenvalue weighted by Gasteiger charge is -2.20. The molecule has 0 amide bonds. The molecule has 1 heterocycles. The highest BCUT2D eigenvalue weighted by Crippen LogP contribution is 2.12. The maximum atomic E-state index is 10.6. The predicted octanol–water partition coefficient (Wildman–Crippen LogP) is 1.18. The van der Waals surface area contributed by atoms with Crippen LogP contribution < -0.4 is 5.32 Å². The Kier molecular flexibility index (Phi) is 5.54. The third-order valence-electron chi connectivity index (χ3n) is 2.51. The number of aromatic carboxylic acids is 1. The van der Waals surface area contributed by atoms with Crippen LogP contribution in [0.2, 0.25) is 0 Å². The summed E-state index contributed by atoms with van der Waals surface area (Å²) in [6.07, 6.45) is 1.94. The minimum absolute atomic E-state index is 0.0574. The van der Waals surface area contributed by atoms with E-state index in [1.807, 2.05) is 13.2 Å². The molecule has 0 aliphatic carbocycles. The Bertz CT molecular complexity index is 362. The second-order valence-electron chi connectivity index (χ2n) is 3.70. The van der Waals surface area contributed by atoms with Crippen LogP contribution in [-0.4, -0.2) is 40.3 Å². The van der Waals surface area contributed by atoms with Crippen molar-refractivity contribution in [3.8, 4) is 0 Å². The fourth-order valence-electron chi connectivity index (χ4n) is 1.42. The molecule has 0 aliphatic heterocycles. The maximum absolute atomic E-state index is 10.6. The number of hydrogen-bond donors (Lipinski definition) is 3. The molecule has 0 spiro atoms. The van der Waals surface area contributed by atoms with Crippen molar-refractivity contribution in [2.75, 3.05) is 12.9 Å². The van der Waals surface area contributed by atoms with E-state index < -0.39 is 5.97 Å². The molecule has 0 aromatic carbocycles. The zero-order valence-corrected chi connectivity index (χ0v) is 10.7. The second-order valence-corrected chi connectivity index (χ2v) is 4.77. The van der Waals surface area contributed by atoms with E-state index in [2.05, 4.69) is 5.32 Å². The first-order valence-electron chi connectivity index (χ1n) is 5.27. The predicted molar refractivity (Wildman–Crippen MR) is 66.4 cm³/mol.